The van der Waals surface area contributed by atoms with Crippen molar-refractivity contribution in [3.05, 3.63) is 67.0 Å². The second kappa shape index (κ2) is 5.88. The maximum atomic E-state index is 4.35. The lowest BCUT2D eigenvalue weighted by Gasteiger charge is -2.20. The van der Waals surface area contributed by atoms with Gasteiger partial charge in [-0.3, -0.25) is 4.68 Å². The number of aromatic amines is 1. The number of H-pyrrole nitrogens is 1. The third kappa shape index (κ3) is 2.76. The standard InChI is InChI=1S/C16H15N7/c1-2-5-12(6-3-1)13(9-23-8-4-7-21-23)22-16-14-15(18-10-17-14)19-11-20-16/h1-8,10-11,13H,9H2,(H2,17,18,19,20,22)/t13-/m1/s1. The van der Waals surface area contributed by atoms with Crippen molar-refractivity contribution >= 4 is 17.0 Å². The number of hydrogen-bond donors (Lipinski definition) is 2. The molecule has 0 aliphatic heterocycles. The Morgan fingerprint density at radius 3 is 2.83 bits per heavy atom. The van der Waals surface area contributed by atoms with Crippen LogP contribution in [-0.4, -0.2) is 29.7 Å². The van der Waals surface area contributed by atoms with Crippen molar-refractivity contribution in [3.63, 3.8) is 0 Å². The van der Waals surface area contributed by atoms with Crippen LogP contribution in [-0.2, 0) is 6.54 Å². The third-order valence-electron chi connectivity index (χ3n) is 3.66. The van der Waals surface area contributed by atoms with Gasteiger partial charge in [-0.15, -0.1) is 0 Å². The molecule has 0 bridgehead atoms. The highest BCUT2D eigenvalue weighted by Gasteiger charge is 2.15. The molecule has 0 aliphatic rings. The van der Waals surface area contributed by atoms with Crippen LogP contribution in [0.25, 0.3) is 11.2 Å². The van der Waals surface area contributed by atoms with Crippen LogP contribution in [0.5, 0.6) is 0 Å². The summed E-state index contributed by atoms with van der Waals surface area (Å²) >= 11 is 0. The molecule has 0 radical (unpaired) electrons. The number of aromatic nitrogens is 6. The second-order valence-corrected chi connectivity index (χ2v) is 5.16. The fourth-order valence-electron chi connectivity index (χ4n) is 2.55. The van der Waals surface area contributed by atoms with E-state index in [0.717, 1.165) is 16.9 Å². The SMILES string of the molecule is c1ccc([C@@H](Cn2cccn2)Nc2ncnc3nc[nH]c23)cc1. The van der Waals surface area contributed by atoms with E-state index in [1.807, 2.05) is 35.1 Å². The molecule has 114 valence electrons. The first-order chi connectivity index (χ1) is 11.4. The van der Waals surface area contributed by atoms with Gasteiger partial charge in [0.1, 0.15) is 11.8 Å². The minimum absolute atomic E-state index is 0.0255. The molecular weight excluding hydrogens is 290 g/mol. The summed E-state index contributed by atoms with van der Waals surface area (Å²) in [6, 6.07) is 12.2. The Hall–Kier alpha value is -3.22. The maximum absolute atomic E-state index is 4.35. The van der Waals surface area contributed by atoms with E-state index in [9.17, 15) is 0 Å². The van der Waals surface area contributed by atoms with Crippen molar-refractivity contribution in [2.75, 3.05) is 5.32 Å². The van der Waals surface area contributed by atoms with Gasteiger partial charge in [0, 0.05) is 12.4 Å². The Labute approximate surface area is 132 Å². The molecule has 4 aromatic rings. The Kier molecular flexibility index (Phi) is 3.44. The number of hydrogen-bond acceptors (Lipinski definition) is 5. The molecule has 0 saturated carbocycles. The molecule has 23 heavy (non-hydrogen) atoms. The van der Waals surface area contributed by atoms with Gasteiger partial charge < -0.3 is 10.3 Å². The minimum atomic E-state index is 0.0255. The average Bonchev–Trinajstić information content (AvgIpc) is 3.27. The molecule has 7 nitrogen and oxygen atoms in total. The Morgan fingerprint density at radius 2 is 2.00 bits per heavy atom. The number of nitrogens with one attached hydrogen (secondary N) is 2. The highest BCUT2D eigenvalue weighted by molar-refractivity contribution is 5.82. The first kappa shape index (κ1) is 13.4. The second-order valence-electron chi connectivity index (χ2n) is 5.16. The van der Waals surface area contributed by atoms with Gasteiger partial charge in [-0.05, 0) is 11.6 Å². The van der Waals surface area contributed by atoms with Crippen LogP contribution in [0.2, 0.25) is 0 Å². The van der Waals surface area contributed by atoms with Crippen LogP contribution >= 0.6 is 0 Å². The Morgan fingerprint density at radius 1 is 1.09 bits per heavy atom. The lowest BCUT2D eigenvalue weighted by atomic mass is 10.1. The van der Waals surface area contributed by atoms with E-state index in [2.05, 4.69) is 42.5 Å². The van der Waals surface area contributed by atoms with E-state index in [1.54, 1.807) is 12.5 Å². The van der Waals surface area contributed by atoms with Crippen LogP contribution in [0.4, 0.5) is 5.82 Å². The lowest BCUT2D eigenvalue weighted by Crippen LogP contribution is -2.18. The molecular formula is C16H15N7. The number of anilines is 1. The van der Waals surface area contributed by atoms with E-state index in [0.29, 0.717) is 12.2 Å². The highest BCUT2D eigenvalue weighted by atomic mass is 15.3. The number of benzene rings is 1. The maximum Gasteiger partial charge on any atom is 0.182 e. The first-order valence-corrected chi connectivity index (χ1v) is 7.33. The predicted molar refractivity (Wildman–Crippen MR) is 86.7 cm³/mol. The molecule has 2 N–H and O–H groups in total. The number of fused-ring (bicyclic) bond motifs is 1. The van der Waals surface area contributed by atoms with Crippen LogP contribution in [0, 0.1) is 0 Å². The first-order valence-electron chi connectivity index (χ1n) is 7.33. The molecule has 3 aromatic heterocycles. The van der Waals surface area contributed by atoms with E-state index in [4.69, 9.17) is 0 Å². The molecule has 3 heterocycles. The normalized spacial score (nSPS) is 12.3. The van der Waals surface area contributed by atoms with Gasteiger partial charge >= 0.3 is 0 Å². The molecule has 7 heteroatoms. The monoisotopic (exact) mass is 305 g/mol. The quantitative estimate of drug-likeness (QED) is 0.591. The number of imidazole rings is 1. The summed E-state index contributed by atoms with van der Waals surface area (Å²) in [7, 11) is 0. The van der Waals surface area contributed by atoms with Gasteiger partial charge in [-0.2, -0.15) is 5.10 Å². The Balaban J connectivity index is 1.69. The van der Waals surface area contributed by atoms with E-state index in [-0.39, 0.29) is 6.04 Å². The molecule has 0 saturated heterocycles. The fraction of sp³-hybridized carbons (Fsp3) is 0.125. The summed E-state index contributed by atoms with van der Waals surface area (Å²) in [5.74, 6) is 0.730. The van der Waals surface area contributed by atoms with Crippen LogP contribution in [0.3, 0.4) is 0 Å². The predicted octanol–water partition coefficient (Wildman–Crippen LogP) is 2.40. The van der Waals surface area contributed by atoms with Gasteiger partial charge in [-0.1, -0.05) is 30.3 Å². The van der Waals surface area contributed by atoms with Crippen molar-refractivity contribution < 1.29 is 0 Å². The third-order valence-corrected chi connectivity index (χ3v) is 3.66. The van der Waals surface area contributed by atoms with Crippen LogP contribution in [0.15, 0.2) is 61.4 Å². The molecule has 4 rings (SSSR count). The van der Waals surface area contributed by atoms with Crippen molar-refractivity contribution in [2.24, 2.45) is 0 Å². The number of nitrogens with zero attached hydrogens (tertiary/aromatic N) is 5. The van der Waals surface area contributed by atoms with Gasteiger partial charge in [0.05, 0.1) is 18.9 Å². The smallest absolute Gasteiger partial charge is 0.182 e. The topological polar surface area (TPSA) is 84.3 Å². The van der Waals surface area contributed by atoms with Crippen LogP contribution in [0.1, 0.15) is 11.6 Å². The largest absolute Gasteiger partial charge is 0.359 e. The average molecular weight is 305 g/mol. The summed E-state index contributed by atoms with van der Waals surface area (Å²) in [6.45, 7) is 0.691. The number of rotatable bonds is 5. The van der Waals surface area contributed by atoms with Gasteiger partial charge in [0.25, 0.3) is 0 Å². The van der Waals surface area contributed by atoms with Crippen molar-refractivity contribution in [1.82, 2.24) is 29.7 Å². The zero-order valence-corrected chi connectivity index (χ0v) is 12.3. The summed E-state index contributed by atoms with van der Waals surface area (Å²) in [5.41, 5.74) is 2.61. The van der Waals surface area contributed by atoms with Gasteiger partial charge in [0.15, 0.2) is 11.5 Å². The molecule has 0 aliphatic carbocycles. The summed E-state index contributed by atoms with van der Waals surface area (Å²) in [5, 5.41) is 7.78. The van der Waals surface area contributed by atoms with Crippen molar-refractivity contribution in [1.29, 1.82) is 0 Å². The Bertz CT molecular complexity index is 883. The summed E-state index contributed by atoms with van der Waals surface area (Å²) in [4.78, 5) is 15.8. The van der Waals surface area contributed by atoms with E-state index < -0.39 is 0 Å². The molecule has 0 amide bonds. The molecule has 1 atom stereocenters. The van der Waals surface area contributed by atoms with Crippen molar-refractivity contribution in [2.45, 2.75) is 12.6 Å². The fourth-order valence-corrected chi connectivity index (χ4v) is 2.55. The lowest BCUT2D eigenvalue weighted by molar-refractivity contribution is 0.550. The summed E-state index contributed by atoms with van der Waals surface area (Å²) < 4.78 is 1.90. The van der Waals surface area contributed by atoms with E-state index >= 15 is 0 Å². The zero-order chi connectivity index (χ0) is 15.5. The molecule has 0 spiro atoms. The molecule has 0 fully saturated rings. The highest BCUT2D eigenvalue weighted by Crippen LogP contribution is 2.23. The van der Waals surface area contributed by atoms with Gasteiger partial charge in [-0.25, -0.2) is 15.0 Å². The minimum Gasteiger partial charge on any atom is -0.359 e. The molecule has 1 aromatic carbocycles. The van der Waals surface area contributed by atoms with E-state index in [1.165, 1.54) is 6.33 Å². The van der Waals surface area contributed by atoms with Gasteiger partial charge in [0.2, 0.25) is 0 Å². The molecule has 0 unspecified atom stereocenters. The zero-order valence-electron chi connectivity index (χ0n) is 12.3. The van der Waals surface area contributed by atoms with Crippen molar-refractivity contribution in [3.8, 4) is 0 Å². The van der Waals surface area contributed by atoms with Crippen LogP contribution < -0.4 is 5.32 Å². The summed E-state index contributed by atoms with van der Waals surface area (Å²) in [6.07, 6.45) is 6.86.